The SMILES string of the molecule is CCCCC(CC)COc1cc(-c2cccc3c2C(c2ccccc2)(c2ccccc2)c2ccccc2-3)nc(-c2ccccc2O)n1. The topological polar surface area (TPSA) is 55.2 Å². The monoisotopic (exact) mass is 616 g/mol. The minimum atomic E-state index is -0.584. The van der Waals surface area contributed by atoms with Gasteiger partial charge < -0.3 is 9.84 Å². The molecule has 4 heteroatoms. The Bertz CT molecular complexity index is 1950. The highest BCUT2D eigenvalue weighted by Crippen LogP contribution is 2.58. The number of aromatic hydroxyl groups is 1. The van der Waals surface area contributed by atoms with E-state index in [1.165, 1.54) is 39.8 Å². The van der Waals surface area contributed by atoms with Gasteiger partial charge in [-0.2, -0.15) is 4.98 Å². The third-order valence-corrected chi connectivity index (χ3v) is 9.61. The smallest absolute Gasteiger partial charge is 0.217 e. The van der Waals surface area contributed by atoms with Crippen LogP contribution < -0.4 is 4.74 Å². The maximum atomic E-state index is 10.9. The molecule has 6 aromatic rings. The quantitative estimate of drug-likeness (QED) is 0.157. The number of benzene rings is 5. The lowest BCUT2D eigenvalue weighted by Crippen LogP contribution is -2.29. The van der Waals surface area contributed by atoms with E-state index in [2.05, 4.69) is 117 Å². The molecule has 0 saturated heterocycles. The average Bonchev–Trinajstić information content (AvgIpc) is 3.44. The molecule has 0 saturated carbocycles. The Hall–Kier alpha value is -5.22. The first-order chi connectivity index (χ1) is 23.1. The van der Waals surface area contributed by atoms with Crippen LogP contribution in [-0.4, -0.2) is 21.7 Å². The first-order valence-electron chi connectivity index (χ1n) is 16.8. The summed E-state index contributed by atoms with van der Waals surface area (Å²) in [5.74, 6) is 1.54. The number of unbranched alkanes of at least 4 members (excludes halogenated alkanes) is 1. The molecular weight excluding hydrogens is 576 g/mol. The summed E-state index contributed by atoms with van der Waals surface area (Å²) in [5, 5.41) is 10.9. The molecule has 0 radical (unpaired) electrons. The van der Waals surface area contributed by atoms with E-state index < -0.39 is 5.41 Å². The van der Waals surface area contributed by atoms with E-state index in [-0.39, 0.29) is 5.75 Å². The number of aromatic nitrogens is 2. The molecule has 1 aliphatic rings. The van der Waals surface area contributed by atoms with Gasteiger partial charge >= 0.3 is 0 Å². The lowest BCUT2D eigenvalue weighted by atomic mass is 9.66. The Labute approximate surface area is 277 Å². The Morgan fingerprint density at radius 1 is 0.660 bits per heavy atom. The Kier molecular flexibility index (Phi) is 8.58. The number of phenolic OH excluding ortho intramolecular Hbond substituents is 1. The van der Waals surface area contributed by atoms with Gasteiger partial charge in [0.25, 0.3) is 0 Å². The lowest BCUT2D eigenvalue weighted by molar-refractivity contribution is 0.226. The summed E-state index contributed by atoms with van der Waals surface area (Å²) in [5.41, 5.74) is 8.96. The van der Waals surface area contributed by atoms with Crippen LogP contribution in [0.25, 0.3) is 33.8 Å². The van der Waals surface area contributed by atoms with Crippen molar-refractivity contribution in [3.63, 3.8) is 0 Å². The number of fused-ring (bicyclic) bond motifs is 3. The second-order valence-corrected chi connectivity index (χ2v) is 12.4. The Balaban J connectivity index is 1.48. The van der Waals surface area contributed by atoms with Gasteiger partial charge in [-0.15, -0.1) is 0 Å². The number of rotatable bonds is 11. The van der Waals surface area contributed by atoms with E-state index in [0.29, 0.717) is 29.8 Å². The fraction of sp³-hybridized carbons (Fsp3) is 0.209. The number of nitrogens with zero attached hydrogens (tertiary/aromatic N) is 2. The second-order valence-electron chi connectivity index (χ2n) is 12.4. The van der Waals surface area contributed by atoms with Gasteiger partial charge in [-0.25, -0.2) is 4.98 Å². The first-order valence-corrected chi connectivity index (χ1v) is 16.8. The van der Waals surface area contributed by atoms with Crippen molar-refractivity contribution < 1.29 is 9.84 Å². The average molecular weight is 617 g/mol. The number of hydrogen-bond donors (Lipinski definition) is 1. The Morgan fingerprint density at radius 2 is 1.28 bits per heavy atom. The number of para-hydroxylation sites is 1. The summed E-state index contributed by atoms with van der Waals surface area (Å²) in [6, 6.07) is 46.1. The summed E-state index contributed by atoms with van der Waals surface area (Å²) in [4.78, 5) is 10.0. The molecule has 0 bridgehead atoms. The van der Waals surface area contributed by atoms with Crippen LogP contribution in [0.2, 0.25) is 0 Å². The fourth-order valence-electron chi connectivity index (χ4n) is 7.24. The predicted octanol–water partition coefficient (Wildman–Crippen LogP) is 10.5. The molecule has 47 heavy (non-hydrogen) atoms. The van der Waals surface area contributed by atoms with Crippen molar-refractivity contribution in [2.45, 2.75) is 44.9 Å². The van der Waals surface area contributed by atoms with Crippen molar-refractivity contribution in [3.05, 3.63) is 156 Å². The highest BCUT2D eigenvalue weighted by molar-refractivity contribution is 5.92. The first kappa shape index (κ1) is 30.4. The van der Waals surface area contributed by atoms with E-state index in [1.807, 2.05) is 24.3 Å². The van der Waals surface area contributed by atoms with Gasteiger partial charge in [0, 0.05) is 11.6 Å². The minimum absolute atomic E-state index is 0.138. The molecule has 234 valence electrons. The van der Waals surface area contributed by atoms with Crippen LogP contribution in [-0.2, 0) is 5.41 Å². The highest BCUT2D eigenvalue weighted by Gasteiger charge is 2.47. The largest absolute Gasteiger partial charge is 0.507 e. The van der Waals surface area contributed by atoms with E-state index in [4.69, 9.17) is 14.7 Å². The zero-order chi connectivity index (χ0) is 32.2. The van der Waals surface area contributed by atoms with Crippen molar-refractivity contribution in [2.75, 3.05) is 6.61 Å². The number of ether oxygens (including phenoxy) is 1. The summed E-state index contributed by atoms with van der Waals surface area (Å²) >= 11 is 0. The molecular formula is C43H40N2O2. The molecule has 4 nitrogen and oxygen atoms in total. The molecule has 0 amide bonds. The van der Waals surface area contributed by atoms with Crippen LogP contribution in [0.4, 0.5) is 0 Å². The summed E-state index contributed by atoms with van der Waals surface area (Å²) < 4.78 is 6.49. The fourth-order valence-corrected chi connectivity index (χ4v) is 7.24. The zero-order valence-corrected chi connectivity index (χ0v) is 27.1. The van der Waals surface area contributed by atoms with E-state index >= 15 is 0 Å². The van der Waals surface area contributed by atoms with Crippen molar-refractivity contribution in [1.82, 2.24) is 9.97 Å². The highest BCUT2D eigenvalue weighted by atomic mass is 16.5. The van der Waals surface area contributed by atoms with Gasteiger partial charge in [0.15, 0.2) is 5.82 Å². The third kappa shape index (κ3) is 5.48. The van der Waals surface area contributed by atoms with Crippen LogP contribution in [0.1, 0.15) is 61.8 Å². The molecule has 1 aliphatic carbocycles. The second kappa shape index (κ2) is 13.3. The van der Waals surface area contributed by atoms with Gasteiger partial charge in [-0.3, -0.25) is 0 Å². The van der Waals surface area contributed by atoms with Crippen molar-refractivity contribution in [2.24, 2.45) is 5.92 Å². The normalized spacial score (nSPS) is 13.5. The maximum Gasteiger partial charge on any atom is 0.217 e. The zero-order valence-electron chi connectivity index (χ0n) is 27.1. The van der Waals surface area contributed by atoms with Crippen LogP contribution >= 0.6 is 0 Å². The molecule has 0 spiro atoms. The van der Waals surface area contributed by atoms with Crippen LogP contribution in [0.5, 0.6) is 11.6 Å². The number of phenols is 1. The molecule has 1 heterocycles. The summed E-state index contributed by atoms with van der Waals surface area (Å²) in [7, 11) is 0. The summed E-state index contributed by atoms with van der Waals surface area (Å²) in [6.45, 7) is 5.04. The molecule has 1 N–H and O–H groups in total. The minimum Gasteiger partial charge on any atom is -0.507 e. The molecule has 1 unspecified atom stereocenters. The Morgan fingerprint density at radius 3 is 1.96 bits per heavy atom. The standard InChI is InChI=1S/C43H40N2O2/c1-3-5-17-30(4-2)29-47-40-28-38(44-42(45-40)36-23-13-15-27-39(36)46)35-25-16-24-34-33-22-12-14-26-37(33)43(41(34)35,31-18-8-6-9-19-31)32-20-10-7-11-21-32/h6-16,18-28,30,46H,3-5,17,29H2,1-2H3. The van der Waals surface area contributed by atoms with Gasteiger partial charge in [-0.05, 0) is 57.9 Å². The van der Waals surface area contributed by atoms with E-state index in [1.54, 1.807) is 6.07 Å². The molecule has 1 aromatic heterocycles. The van der Waals surface area contributed by atoms with Crippen molar-refractivity contribution in [3.8, 4) is 45.4 Å². The van der Waals surface area contributed by atoms with Gasteiger partial charge in [0.2, 0.25) is 5.88 Å². The molecule has 0 fully saturated rings. The van der Waals surface area contributed by atoms with Gasteiger partial charge in [-0.1, -0.05) is 148 Å². The van der Waals surface area contributed by atoms with Crippen LogP contribution in [0.15, 0.2) is 133 Å². The van der Waals surface area contributed by atoms with Gasteiger partial charge in [0.05, 0.1) is 23.3 Å². The molecule has 5 aromatic carbocycles. The van der Waals surface area contributed by atoms with E-state index in [9.17, 15) is 5.11 Å². The van der Waals surface area contributed by atoms with E-state index in [0.717, 1.165) is 30.5 Å². The van der Waals surface area contributed by atoms with Crippen molar-refractivity contribution in [1.29, 1.82) is 0 Å². The maximum absolute atomic E-state index is 10.9. The van der Waals surface area contributed by atoms with Gasteiger partial charge in [0.1, 0.15) is 5.75 Å². The molecule has 0 aliphatic heterocycles. The molecule has 1 atom stereocenters. The van der Waals surface area contributed by atoms with Crippen LogP contribution in [0.3, 0.4) is 0 Å². The number of hydrogen-bond acceptors (Lipinski definition) is 4. The van der Waals surface area contributed by atoms with Crippen molar-refractivity contribution >= 4 is 0 Å². The summed E-state index contributed by atoms with van der Waals surface area (Å²) in [6.07, 6.45) is 4.51. The third-order valence-electron chi connectivity index (χ3n) is 9.61. The van der Waals surface area contributed by atoms with Crippen LogP contribution in [0, 0.1) is 5.92 Å². The predicted molar refractivity (Wildman–Crippen MR) is 191 cm³/mol. The lowest BCUT2D eigenvalue weighted by Gasteiger charge is -2.35. The molecule has 7 rings (SSSR count).